The molecular formula is C20H28ClN5O3S. The van der Waals surface area contributed by atoms with Crippen LogP contribution in [0.15, 0.2) is 47.9 Å². The van der Waals surface area contributed by atoms with Crippen LogP contribution in [-0.2, 0) is 21.4 Å². The quantitative estimate of drug-likeness (QED) is 0.709. The average Bonchev–Trinajstić information content (AvgIpc) is 3.24. The summed E-state index contributed by atoms with van der Waals surface area (Å²) in [5.41, 5.74) is 0.991. The highest BCUT2D eigenvalue weighted by Crippen LogP contribution is 2.21. The van der Waals surface area contributed by atoms with Crippen molar-refractivity contribution in [3.8, 4) is 0 Å². The van der Waals surface area contributed by atoms with Gasteiger partial charge in [-0.2, -0.15) is 4.31 Å². The summed E-state index contributed by atoms with van der Waals surface area (Å²) in [6, 6.07) is 6.85. The Morgan fingerprint density at radius 2 is 1.83 bits per heavy atom. The van der Waals surface area contributed by atoms with Gasteiger partial charge in [0, 0.05) is 38.6 Å². The van der Waals surface area contributed by atoms with Crippen molar-refractivity contribution in [2.24, 2.45) is 5.92 Å². The Bertz CT molecular complexity index is 928. The first-order valence-corrected chi connectivity index (χ1v) is 11.5. The van der Waals surface area contributed by atoms with E-state index in [2.05, 4.69) is 10.3 Å². The lowest BCUT2D eigenvalue weighted by molar-refractivity contribution is -0.134. The predicted molar refractivity (Wildman–Crippen MR) is 116 cm³/mol. The Morgan fingerprint density at radius 3 is 2.47 bits per heavy atom. The molecule has 2 aromatic rings. The van der Waals surface area contributed by atoms with E-state index in [1.54, 1.807) is 24.7 Å². The van der Waals surface area contributed by atoms with Crippen molar-refractivity contribution in [2.45, 2.75) is 24.3 Å². The summed E-state index contributed by atoms with van der Waals surface area (Å²) in [7, 11) is -3.67. The lowest BCUT2D eigenvalue weighted by Gasteiger charge is -2.36. The van der Waals surface area contributed by atoms with Crippen LogP contribution in [0.25, 0.3) is 0 Å². The molecule has 0 unspecified atom stereocenters. The monoisotopic (exact) mass is 453 g/mol. The number of imidazole rings is 1. The molecule has 164 valence electrons. The summed E-state index contributed by atoms with van der Waals surface area (Å²) in [4.78, 5) is 18.6. The summed E-state index contributed by atoms with van der Waals surface area (Å²) in [5, 5.41) is 3.33. The van der Waals surface area contributed by atoms with E-state index in [-0.39, 0.29) is 29.8 Å². The number of sulfonamides is 1. The van der Waals surface area contributed by atoms with E-state index < -0.39 is 10.0 Å². The summed E-state index contributed by atoms with van der Waals surface area (Å²) >= 11 is 0. The molecule has 0 saturated carbocycles. The number of piperidine rings is 1. The molecule has 2 aliphatic heterocycles. The fourth-order valence-electron chi connectivity index (χ4n) is 3.97. The molecule has 0 atom stereocenters. The zero-order chi connectivity index (χ0) is 20.3. The molecule has 0 bridgehead atoms. The summed E-state index contributed by atoms with van der Waals surface area (Å²) in [6.45, 7) is 4.07. The molecule has 1 N–H and O–H groups in total. The Hall–Kier alpha value is -1.94. The van der Waals surface area contributed by atoms with Crippen LogP contribution in [0.2, 0.25) is 0 Å². The average molecular weight is 454 g/mol. The van der Waals surface area contributed by atoms with Gasteiger partial charge in [-0.15, -0.1) is 12.4 Å². The highest BCUT2D eigenvalue weighted by atomic mass is 35.5. The van der Waals surface area contributed by atoms with Crippen molar-refractivity contribution in [3.63, 3.8) is 0 Å². The third-order valence-corrected chi connectivity index (χ3v) is 7.57. The molecule has 2 fully saturated rings. The van der Waals surface area contributed by atoms with Crippen LogP contribution in [-0.4, -0.2) is 72.3 Å². The van der Waals surface area contributed by atoms with E-state index in [1.165, 1.54) is 4.31 Å². The second kappa shape index (κ2) is 9.91. The summed E-state index contributed by atoms with van der Waals surface area (Å²) < 4.78 is 29.2. The smallest absolute Gasteiger partial charge is 0.243 e. The predicted octanol–water partition coefficient (Wildman–Crippen LogP) is 1.19. The third kappa shape index (κ3) is 5.21. The largest absolute Gasteiger partial charge is 0.340 e. The number of carbonyl (C=O) groups is 1. The van der Waals surface area contributed by atoms with Gasteiger partial charge in [-0.05, 0) is 49.5 Å². The molecule has 3 heterocycles. The molecule has 0 aliphatic carbocycles. The number of halogens is 1. The van der Waals surface area contributed by atoms with Crippen molar-refractivity contribution in [2.75, 3.05) is 39.3 Å². The number of nitrogens with zero attached hydrogens (tertiary/aromatic N) is 4. The third-order valence-electron chi connectivity index (χ3n) is 5.71. The van der Waals surface area contributed by atoms with E-state index in [4.69, 9.17) is 0 Å². The Balaban J connectivity index is 0.00000256. The number of piperazine rings is 1. The number of aromatic nitrogens is 2. The van der Waals surface area contributed by atoms with Gasteiger partial charge in [0.15, 0.2) is 0 Å². The van der Waals surface area contributed by atoms with Gasteiger partial charge >= 0.3 is 0 Å². The number of amides is 1. The highest BCUT2D eigenvalue weighted by molar-refractivity contribution is 7.89. The highest BCUT2D eigenvalue weighted by Gasteiger charge is 2.33. The zero-order valence-electron chi connectivity index (χ0n) is 16.8. The van der Waals surface area contributed by atoms with Gasteiger partial charge in [0.05, 0.1) is 17.8 Å². The van der Waals surface area contributed by atoms with Gasteiger partial charge in [-0.1, -0.05) is 12.1 Å². The number of hydrogen-bond donors (Lipinski definition) is 1. The first kappa shape index (κ1) is 22.7. The number of rotatable bonds is 6. The van der Waals surface area contributed by atoms with Crippen LogP contribution < -0.4 is 5.32 Å². The van der Waals surface area contributed by atoms with E-state index in [9.17, 15) is 13.2 Å². The minimum Gasteiger partial charge on any atom is -0.340 e. The fraction of sp³-hybridized carbons (Fsp3) is 0.500. The summed E-state index contributed by atoms with van der Waals surface area (Å²) in [6.07, 6.45) is 7.42. The standard InChI is InChI=1S/C20H27N5O3S.ClH/c26-20-15-25(12-11-24(20)14-18-5-7-21-8-6-18)29(27,28)19-3-1-17(2-4-19)13-23-10-9-22-16-23;/h1-4,9-10,16,18,21H,5-8,11-15H2;1H. The molecule has 2 saturated heterocycles. The topological polar surface area (TPSA) is 87.5 Å². The molecule has 1 amide bonds. The van der Waals surface area contributed by atoms with E-state index >= 15 is 0 Å². The van der Waals surface area contributed by atoms with Crippen LogP contribution in [0.4, 0.5) is 0 Å². The van der Waals surface area contributed by atoms with Crippen LogP contribution in [0.5, 0.6) is 0 Å². The van der Waals surface area contributed by atoms with Gasteiger partial charge in [0.25, 0.3) is 0 Å². The molecule has 1 aromatic carbocycles. The van der Waals surface area contributed by atoms with Gasteiger partial charge in [-0.3, -0.25) is 4.79 Å². The molecule has 8 nitrogen and oxygen atoms in total. The number of carbonyl (C=O) groups excluding carboxylic acids is 1. The Morgan fingerprint density at radius 1 is 1.10 bits per heavy atom. The molecule has 30 heavy (non-hydrogen) atoms. The number of nitrogens with one attached hydrogen (secondary N) is 1. The lowest BCUT2D eigenvalue weighted by atomic mass is 9.97. The molecular weight excluding hydrogens is 426 g/mol. The molecule has 2 aliphatic rings. The zero-order valence-corrected chi connectivity index (χ0v) is 18.4. The van der Waals surface area contributed by atoms with Crippen LogP contribution >= 0.6 is 12.4 Å². The number of benzene rings is 1. The number of hydrogen-bond acceptors (Lipinski definition) is 5. The second-order valence-electron chi connectivity index (χ2n) is 7.75. The minimum atomic E-state index is -3.67. The molecule has 0 radical (unpaired) electrons. The van der Waals surface area contributed by atoms with Crippen LogP contribution in [0.3, 0.4) is 0 Å². The fourth-order valence-corrected chi connectivity index (χ4v) is 5.35. The van der Waals surface area contributed by atoms with Gasteiger partial charge in [0.2, 0.25) is 15.9 Å². The first-order chi connectivity index (χ1) is 14.0. The maximum absolute atomic E-state index is 13.0. The van der Waals surface area contributed by atoms with Crippen molar-refractivity contribution in [1.29, 1.82) is 0 Å². The van der Waals surface area contributed by atoms with Crippen molar-refractivity contribution < 1.29 is 13.2 Å². The van der Waals surface area contributed by atoms with E-state index in [1.807, 2.05) is 27.8 Å². The van der Waals surface area contributed by atoms with Gasteiger partial charge in [0.1, 0.15) is 0 Å². The SMILES string of the molecule is Cl.O=C1CN(S(=O)(=O)c2ccc(Cn3ccnc3)cc2)CCN1CC1CCNCC1. The first-order valence-electron chi connectivity index (χ1n) is 10.1. The van der Waals surface area contributed by atoms with E-state index in [0.29, 0.717) is 25.6 Å². The van der Waals surface area contributed by atoms with Crippen molar-refractivity contribution in [3.05, 3.63) is 48.5 Å². The second-order valence-corrected chi connectivity index (χ2v) is 9.69. The minimum absolute atomic E-state index is 0. The van der Waals surface area contributed by atoms with Crippen LogP contribution in [0, 0.1) is 5.92 Å². The van der Waals surface area contributed by atoms with Crippen LogP contribution in [0.1, 0.15) is 18.4 Å². The molecule has 10 heteroatoms. The van der Waals surface area contributed by atoms with Gasteiger partial charge < -0.3 is 14.8 Å². The van der Waals surface area contributed by atoms with Gasteiger partial charge in [-0.25, -0.2) is 13.4 Å². The van der Waals surface area contributed by atoms with Crippen molar-refractivity contribution in [1.82, 2.24) is 24.1 Å². The molecule has 4 rings (SSSR count). The Labute approximate surface area is 183 Å². The molecule has 0 spiro atoms. The Kier molecular flexibility index (Phi) is 7.51. The molecule has 1 aromatic heterocycles. The summed E-state index contributed by atoms with van der Waals surface area (Å²) in [5.74, 6) is 0.404. The van der Waals surface area contributed by atoms with E-state index in [0.717, 1.165) is 38.0 Å². The van der Waals surface area contributed by atoms with Crippen molar-refractivity contribution >= 4 is 28.3 Å². The normalized spacial score (nSPS) is 18.9. The maximum Gasteiger partial charge on any atom is 0.243 e. The maximum atomic E-state index is 13.0. The lowest BCUT2D eigenvalue weighted by Crippen LogP contribution is -2.53.